The molecule has 1 fully saturated rings. The van der Waals surface area contributed by atoms with Crippen molar-refractivity contribution in [2.45, 2.75) is 45.1 Å². The van der Waals surface area contributed by atoms with Crippen LogP contribution in [0.2, 0.25) is 5.15 Å². The predicted octanol–water partition coefficient (Wildman–Crippen LogP) is 4.47. The lowest BCUT2D eigenvalue weighted by Gasteiger charge is -2.24. The second kappa shape index (κ2) is 7.18. The summed E-state index contributed by atoms with van der Waals surface area (Å²) in [6.45, 7) is 2.51. The van der Waals surface area contributed by atoms with Crippen LogP contribution >= 0.6 is 11.6 Å². The van der Waals surface area contributed by atoms with Gasteiger partial charge in [0.1, 0.15) is 16.6 Å². The van der Waals surface area contributed by atoms with Crippen molar-refractivity contribution in [3.8, 4) is 17.0 Å². The summed E-state index contributed by atoms with van der Waals surface area (Å²) < 4.78 is 7.29. The second-order valence-corrected chi connectivity index (χ2v) is 6.26. The largest absolute Gasteiger partial charge is 0.494 e. The molecule has 1 aromatic heterocycles. The first kappa shape index (κ1) is 16.1. The van der Waals surface area contributed by atoms with Crippen LogP contribution in [0.5, 0.6) is 5.75 Å². The van der Waals surface area contributed by atoms with Gasteiger partial charge in [-0.25, -0.2) is 4.98 Å². The Kier molecular flexibility index (Phi) is 5.01. The van der Waals surface area contributed by atoms with Gasteiger partial charge in [0.2, 0.25) is 0 Å². The van der Waals surface area contributed by atoms with Crippen molar-refractivity contribution in [2.24, 2.45) is 0 Å². The molecule has 0 bridgehead atoms. The third kappa shape index (κ3) is 3.58. The minimum atomic E-state index is -0.0741. The smallest absolute Gasteiger partial charge is 0.277 e. The van der Waals surface area contributed by atoms with E-state index in [1.54, 1.807) is 10.8 Å². The number of ether oxygens (including phenoxy) is 1. The molecule has 0 amide bonds. The van der Waals surface area contributed by atoms with Crippen LogP contribution in [0.25, 0.3) is 11.3 Å². The monoisotopic (exact) mass is 332 g/mol. The minimum absolute atomic E-state index is 0.0741. The average Bonchev–Trinajstić information content (AvgIpc) is 2.58. The number of nitrogens with zero attached hydrogens (tertiary/aromatic N) is 2. The van der Waals surface area contributed by atoms with Crippen LogP contribution in [0.1, 0.15) is 45.1 Å². The fraction of sp³-hybridized carbons (Fsp3) is 0.444. The summed E-state index contributed by atoms with van der Waals surface area (Å²) in [7, 11) is 0. The van der Waals surface area contributed by atoms with E-state index in [9.17, 15) is 4.79 Å². The molecule has 4 nitrogen and oxygen atoms in total. The Morgan fingerprint density at radius 2 is 2.09 bits per heavy atom. The SMILES string of the molecule is CCOc1cccc(-c2nc(Cl)cn(C3CCCCC3)c2=O)c1. The molecule has 0 spiro atoms. The van der Waals surface area contributed by atoms with Gasteiger partial charge in [-0.05, 0) is 31.9 Å². The number of halogens is 1. The van der Waals surface area contributed by atoms with E-state index in [1.807, 2.05) is 31.2 Å². The lowest BCUT2D eigenvalue weighted by atomic mass is 9.95. The van der Waals surface area contributed by atoms with Crippen molar-refractivity contribution in [1.29, 1.82) is 0 Å². The van der Waals surface area contributed by atoms with Gasteiger partial charge in [0.05, 0.1) is 6.61 Å². The fourth-order valence-corrected chi connectivity index (χ4v) is 3.39. The van der Waals surface area contributed by atoms with Gasteiger partial charge in [-0.15, -0.1) is 0 Å². The average molecular weight is 333 g/mol. The van der Waals surface area contributed by atoms with Crippen LogP contribution in [-0.4, -0.2) is 16.2 Å². The third-order valence-corrected chi connectivity index (χ3v) is 4.47. The molecule has 122 valence electrons. The molecule has 2 aromatic rings. The van der Waals surface area contributed by atoms with Gasteiger partial charge in [-0.2, -0.15) is 0 Å². The van der Waals surface area contributed by atoms with E-state index in [1.165, 1.54) is 6.42 Å². The van der Waals surface area contributed by atoms with E-state index in [0.717, 1.165) is 37.0 Å². The molecule has 0 unspecified atom stereocenters. The summed E-state index contributed by atoms with van der Waals surface area (Å²) in [5.41, 5.74) is 1.06. The van der Waals surface area contributed by atoms with Crippen molar-refractivity contribution < 1.29 is 4.74 Å². The Morgan fingerprint density at radius 1 is 1.30 bits per heavy atom. The molecule has 0 atom stereocenters. The molecule has 0 saturated heterocycles. The Labute approximate surface area is 141 Å². The van der Waals surface area contributed by atoms with Gasteiger partial charge in [0.15, 0.2) is 0 Å². The lowest BCUT2D eigenvalue weighted by molar-refractivity contribution is 0.340. The summed E-state index contributed by atoms with van der Waals surface area (Å²) in [4.78, 5) is 17.2. The zero-order valence-corrected chi connectivity index (χ0v) is 14.1. The number of hydrogen-bond donors (Lipinski definition) is 0. The molecule has 5 heteroatoms. The zero-order chi connectivity index (χ0) is 16.2. The molecule has 1 aliphatic carbocycles. The van der Waals surface area contributed by atoms with Gasteiger partial charge < -0.3 is 9.30 Å². The summed E-state index contributed by atoms with van der Waals surface area (Å²) in [5.74, 6) is 0.732. The Hall–Kier alpha value is -1.81. The maximum atomic E-state index is 12.9. The van der Waals surface area contributed by atoms with Crippen molar-refractivity contribution >= 4 is 11.6 Å². The van der Waals surface area contributed by atoms with Gasteiger partial charge in [-0.3, -0.25) is 4.79 Å². The summed E-state index contributed by atoms with van der Waals surface area (Å²) >= 11 is 6.19. The van der Waals surface area contributed by atoms with Crippen LogP contribution in [0, 0.1) is 0 Å². The van der Waals surface area contributed by atoms with Crippen LogP contribution in [-0.2, 0) is 0 Å². The highest BCUT2D eigenvalue weighted by atomic mass is 35.5. The Balaban J connectivity index is 2.04. The van der Waals surface area contributed by atoms with Crippen LogP contribution in [0.4, 0.5) is 0 Å². The van der Waals surface area contributed by atoms with E-state index in [0.29, 0.717) is 17.5 Å². The van der Waals surface area contributed by atoms with Crippen LogP contribution < -0.4 is 10.3 Å². The van der Waals surface area contributed by atoms with Crippen LogP contribution in [0.3, 0.4) is 0 Å². The lowest BCUT2D eigenvalue weighted by Crippen LogP contribution is -2.28. The number of aromatic nitrogens is 2. The maximum absolute atomic E-state index is 12.9. The first-order valence-corrected chi connectivity index (χ1v) is 8.58. The van der Waals surface area contributed by atoms with Gasteiger partial charge in [0, 0.05) is 17.8 Å². The molecule has 23 heavy (non-hydrogen) atoms. The highest BCUT2D eigenvalue weighted by Gasteiger charge is 2.19. The standard InChI is InChI=1S/C18H21ClN2O2/c1-2-23-15-10-6-7-13(11-15)17-18(22)21(12-16(19)20-17)14-8-4-3-5-9-14/h6-7,10-12,14H,2-5,8-9H2,1H3. The van der Waals surface area contributed by atoms with Crippen molar-refractivity contribution in [2.75, 3.05) is 6.61 Å². The quantitative estimate of drug-likeness (QED) is 0.829. The molecule has 0 aliphatic heterocycles. The predicted molar refractivity (Wildman–Crippen MR) is 92.2 cm³/mol. The van der Waals surface area contributed by atoms with E-state index in [-0.39, 0.29) is 11.6 Å². The fourth-order valence-electron chi connectivity index (χ4n) is 3.20. The van der Waals surface area contributed by atoms with Gasteiger partial charge >= 0.3 is 0 Å². The highest BCUT2D eigenvalue weighted by Crippen LogP contribution is 2.28. The molecular weight excluding hydrogens is 312 g/mol. The normalized spacial score (nSPS) is 15.6. The first-order chi connectivity index (χ1) is 11.2. The van der Waals surface area contributed by atoms with E-state index in [4.69, 9.17) is 16.3 Å². The molecule has 1 heterocycles. The third-order valence-electron chi connectivity index (χ3n) is 4.29. The second-order valence-electron chi connectivity index (χ2n) is 5.88. The minimum Gasteiger partial charge on any atom is -0.494 e. The molecule has 1 aliphatic rings. The van der Waals surface area contributed by atoms with Crippen molar-refractivity contribution in [3.05, 3.63) is 46.0 Å². The van der Waals surface area contributed by atoms with Gasteiger partial charge in [0.25, 0.3) is 5.56 Å². The summed E-state index contributed by atoms with van der Waals surface area (Å²) in [6.07, 6.45) is 7.29. The molecule has 1 saturated carbocycles. The molecule has 3 rings (SSSR count). The molecule has 0 N–H and O–H groups in total. The zero-order valence-electron chi connectivity index (χ0n) is 13.3. The number of benzene rings is 1. The van der Waals surface area contributed by atoms with E-state index < -0.39 is 0 Å². The summed E-state index contributed by atoms with van der Waals surface area (Å²) in [5, 5.41) is 0.354. The topological polar surface area (TPSA) is 44.1 Å². The summed E-state index contributed by atoms with van der Waals surface area (Å²) in [6, 6.07) is 7.68. The first-order valence-electron chi connectivity index (χ1n) is 8.21. The van der Waals surface area contributed by atoms with Crippen LogP contribution in [0.15, 0.2) is 35.3 Å². The molecule has 0 radical (unpaired) electrons. The van der Waals surface area contributed by atoms with Crippen molar-refractivity contribution in [3.63, 3.8) is 0 Å². The maximum Gasteiger partial charge on any atom is 0.277 e. The molecular formula is C18H21ClN2O2. The highest BCUT2D eigenvalue weighted by molar-refractivity contribution is 6.29. The number of rotatable bonds is 4. The van der Waals surface area contributed by atoms with Gasteiger partial charge in [-0.1, -0.05) is 43.0 Å². The van der Waals surface area contributed by atoms with E-state index >= 15 is 0 Å². The molecule has 1 aromatic carbocycles. The van der Waals surface area contributed by atoms with Crippen molar-refractivity contribution in [1.82, 2.24) is 9.55 Å². The Morgan fingerprint density at radius 3 is 2.83 bits per heavy atom. The number of hydrogen-bond acceptors (Lipinski definition) is 3. The van der Waals surface area contributed by atoms with E-state index in [2.05, 4.69) is 4.98 Å². The Bertz CT molecular complexity index is 736.